The summed E-state index contributed by atoms with van der Waals surface area (Å²) >= 11 is 0. The lowest BCUT2D eigenvalue weighted by molar-refractivity contribution is 0.161. The first-order valence-corrected chi connectivity index (χ1v) is 6.88. The lowest BCUT2D eigenvalue weighted by Crippen LogP contribution is -2.30. The number of ether oxygens (including phenoxy) is 1. The Kier molecular flexibility index (Phi) is 5.06. The van der Waals surface area contributed by atoms with Crippen LogP contribution in [0, 0.1) is 11.7 Å². The monoisotopic (exact) mass is 276 g/mol. The molecule has 0 aliphatic carbocycles. The molecule has 0 radical (unpaired) electrons. The third-order valence-corrected chi connectivity index (χ3v) is 3.68. The summed E-state index contributed by atoms with van der Waals surface area (Å²) in [4.78, 5) is -0.176. The Morgan fingerprint density at radius 3 is 2.67 bits per heavy atom. The highest BCUT2D eigenvalue weighted by atomic mass is 32.2. The van der Waals surface area contributed by atoms with E-state index in [0.717, 1.165) is 12.1 Å². The van der Waals surface area contributed by atoms with Gasteiger partial charge in [0.2, 0.25) is 10.0 Å². The van der Waals surface area contributed by atoms with Gasteiger partial charge in [-0.05, 0) is 24.1 Å². The fourth-order valence-electron chi connectivity index (χ4n) is 1.42. The molecule has 1 unspecified atom stereocenters. The van der Waals surface area contributed by atoms with Gasteiger partial charge in [0, 0.05) is 25.9 Å². The van der Waals surface area contributed by atoms with Crippen molar-refractivity contribution in [3.05, 3.63) is 24.0 Å². The van der Waals surface area contributed by atoms with Gasteiger partial charge in [-0.2, -0.15) is 0 Å². The number of methoxy groups -OCH3 is 1. The molecule has 0 saturated heterocycles. The van der Waals surface area contributed by atoms with Crippen molar-refractivity contribution >= 4 is 15.7 Å². The number of hydrogen-bond donors (Lipinski definition) is 2. The van der Waals surface area contributed by atoms with Crippen molar-refractivity contribution in [1.29, 1.82) is 0 Å². The molecule has 1 atom stereocenters. The Bertz CT molecular complexity index is 485. The van der Waals surface area contributed by atoms with Crippen LogP contribution in [0.3, 0.4) is 0 Å². The Hall–Kier alpha value is -1.18. The molecule has 102 valence electrons. The van der Waals surface area contributed by atoms with Gasteiger partial charge in [0.1, 0.15) is 5.82 Å². The zero-order valence-electron chi connectivity index (χ0n) is 10.3. The number of hydrogen-bond acceptors (Lipinski definition) is 4. The maximum Gasteiger partial charge on any atom is 0.240 e. The molecule has 5 nitrogen and oxygen atoms in total. The van der Waals surface area contributed by atoms with Crippen molar-refractivity contribution in [3.8, 4) is 0 Å². The van der Waals surface area contributed by atoms with Crippen LogP contribution in [0.4, 0.5) is 10.1 Å². The van der Waals surface area contributed by atoms with Gasteiger partial charge in [-0.15, -0.1) is 0 Å². The van der Waals surface area contributed by atoms with E-state index in [1.165, 1.54) is 13.2 Å². The van der Waals surface area contributed by atoms with Crippen LogP contribution < -0.4 is 10.5 Å². The number of halogens is 1. The fraction of sp³-hybridized carbons (Fsp3) is 0.455. The lowest BCUT2D eigenvalue weighted by atomic mass is 10.2. The average Bonchev–Trinajstić information content (AvgIpc) is 2.26. The van der Waals surface area contributed by atoms with Gasteiger partial charge in [-0.3, -0.25) is 0 Å². The number of nitrogens with one attached hydrogen (secondary N) is 1. The number of sulfonamides is 1. The highest BCUT2D eigenvalue weighted by molar-refractivity contribution is 7.89. The van der Waals surface area contributed by atoms with E-state index in [1.54, 1.807) is 0 Å². The molecule has 1 aromatic carbocycles. The van der Waals surface area contributed by atoms with Gasteiger partial charge in [0.05, 0.1) is 4.90 Å². The molecular formula is C11H17FN2O3S. The van der Waals surface area contributed by atoms with Crippen LogP contribution in [0.15, 0.2) is 23.1 Å². The molecule has 0 fully saturated rings. The number of nitrogen functional groups attached to an aromatic ring is 1. The van der Waals surface area contributed by atoms with Crippen LogP contribution in [0.25, 0.3) is 0 Å². The van der Waals surface area contributed by atoms with Crippen LogP contribution in [-0.4, -0.2) is 28.7 Å². The topological polar surface area (TPSA) is 81.4 Å². The lowest BCUT2D eigenvalue weighted by Gasteiger charge is -2.12. The van der Waals surface area contributed by atoms with E-state index >= 15 is 0 Å². The van der Waals surface area contributed by atoms with E-state index in [-0.39, 0.29) is 23.0 Å². The van der Waals surface area contributed by atoms with Crippen LogP contribution in [-0.2, 0) is 14.8 Å². The number of benzene rings is 1. The molecule has 0 aromatic heterocycles. The predicted molar refractivity (Wildman–Crippen MR) is 67.0 cm³/mol. The van der Waals surface area contributed by atoms with Gasteiger partial charge in [0.25, 0.3) is 0 Å². The van der Waals surface area contributed by atoms with Crippen molar-refractivity contribution in [2.75, 3.05) is 26.0 Å². The number of anilines is 1. The molecule has 1 aromatic rings. The summed E-state index contributed by atoms with van der Waals surface area (Å²) in [6.07, 6.45) is 0. The van der Waals surface area contributed by atoms with Crippen molar-refractivity contribution in [2.24, 2.45) is 5.92 Å². The normalized spacial score (nSPS) is 13.5. The van der Waals surface area contributed by atoms with E-state index in [4.69, 9.17) is 10.5 Å². The van der Waals surface area contributed by atoms with E-state index in [9.17, 15) is 12.8 Å². The van der Waals surface area contributed by atoms with E-state index in [2.05, 4.69) is 4.72 Å². The third kappa shape index (κ3) is 4.25. The second-order valence-corrected chi connectivity index (χ2v) is 5.90. The minimum absolute atomic E-state index is 0.0238. The van der Waals surface area contributed by atoms with Gasteiger partial charge in [-0.1, -0.05) is 6.92 Å². The predicted octanol–water partition coefficient (Wildman–Crippen LogP) is 0.969. The first kappa shape index (κ1) is 14.9. The average molecular weight is 276 g/mol. The summed E-state index contributed by atoms with van der Waals surface area (Å²) in [5.74, 6) is -0.656. The second kappa shape index (κ2) is 6.12. The second-order valence-electron chi connectivity index (χ2n) is 4.13. The molecular weight excluding hydrogens is 259 g/mol. The molecule has 0 aliphatic heterocycles. The molecule has 0 amide bonds. The van der Waals surface area contributed by atoms with E-state index in [1.807, 2.05) is 6.92 Å². The Balaban J connectivity index is 2.80. The Morgan fingerprint density at radius 2 is 2.11 bits per heavy atom. The molecule has 18 heavy (non-hydrogen) atoms. The van der Waals surface area contributed by atoms with Crippen LogP contribution in [0.5, 0.6) is 0 Å². The standard InChI is InChI=1S/C11H17FN2O3S/c1-8(7-17-2)6-14-18(15,16)11-4-9(12)3-10(13)5-11/h3-5,8,14H,6-7,13H2,1-2H3. The van der Waals surface area contributed by atoms with Crippen LogP contribution in [0.2, 0.25) is 0 Å². The summed E-state index contributed by atoms with van der Waals surface area (Å²) < 4.78 is 44.1. The quantitative estimate of drug-likeness (QED) is 0.759. The molecule has 1 rings (SSSR count). The van der Waals surface area contributed by atoms with Gasteiger partial charge >= 0.3 is 0 Å². The molecule has 3 N–H and O–H groups in total. The van der Waals surface area contributed by atoms with Gasteiger partial charge in [-0.25, -0.2) is 17.5 Å². The summed E-state index contributed by atoms with van der Waals surface area (Å²) in [6, 6.07) is 3.21. The summed E-state index contributed by atoms with van der Waals surface area (Å²) in [5.41, 5.74) is 5.48. The molecule has 0 bridgehead atoms. The fourth-order valence-corrected chi connectivity index (χ4v) is 2.65. The molecule has 0 aliphatic rings. The number of nitrogens with two attached hydrogens (primary N) is 1. The smallest absolute Gasteiger partial charge is 0.240 e. The van der Waals surface area contributed by atoms with Crippen molar-refractivity contribution in [3.63, 3.8) is 0 Å². The number of rotatable bonds is 6. The zero-order chi connectivity index (χ0) is 13.8. The minimum atomic E-state index is -3.74. The highest BCUT2D eigenvalue weighted by Gasteiger charge is 2.16. The first-order chi connectivity index (χ1) is 8.35. The van der Waals surface area contributed by atoms with Gasteiger partial charge < -0.3 is 10.5 Å². The summed E-state index contributed by atoms with van der Waals surface area (Å²) in [5, 5.41) is 0. The molecule has 0 heterocycles. The highest BCUT2D eigenvalue weighted by Crippen LogP contribution is 2.15. The molecule has 0 spiro atoms. The van der Waals surface area contributed by atoms with Crippen molar-refractivity contribution in [1.82, 2.24) is 4.72 Å². The third-order valence-electron chi connectivity index (χ3n) is 2.28. The Morgan fingerprint density at radius 1 is 1.44 bits per heavy atom. The van der Waals surface area contributed by atoms with Crippen LogP contribution in [0.1, 0.15) is 6.92 Å². The molecule has 0 saturated carbocycles. The van der Waals surface area contributed by atoms with Crippen LogP contribution >= 0.6 is 0 Å². The van der Waals surface area contributed by atoms with E-state index in [0.29, 0.717) is 6.61 Å². The minimum Gasteiger partial charge on any atom is -0.399 e. The largest absolute Gasteiger partial charge is 0.399 e. The summed E-state index contributed by atoms with van der Waals surface area (Å²) in [7, 11) is -2.20. The van der Waals surface area contributed by atoms with Gasteiger partial charge in [0.15, 0.2) is 0 Å². The van der Waals surface area contributed by atoms with E-state index < -0.39 is 15.8 Å². The SMILES string of the molecule is COCC(C)CNS(=O)(=O)c1cc(N)cc(F)c1. The maximum absolute atomic E-state index is 13.1. The maximum atomic E-state index is 13.1. The first-order valence-electron chi connectivity index (χ1n) is 5.40. The Labute approximate surface area is 106 Å². The van der Waals surface area contributed by atoms with Crippen molar-refractivity contribution in [2.45, 2.75) is 11.8 Å². The zero-order valence-corrected chi connectivity index (χ0v) is 11.1. The summed E-state index contributed by atoms with van der Waals surface area (Å²) in [6.45, 7) is 2.49. The van der Waals surface area contributed by atoms with Crippen molar-refractivity contribution < 1.29 is 17.5 Å². The molecule has 7 heteroatoms.